The number of carbonyl (C=O) groups is 1. The van der Waals surface area contributed by atoms with Crippen LogP contribution >= 0.6 is 0 Å². The molecule has 0 bridgehead atoms. The van der Waals surface area contributed by atoms with E-state index in [9.17, 15) is 4.79 Å². The molecular weight excluding hydrogens is 198 g/mol. The predicted octanol–water partition coefficient (Wildman–Crippen LogP) is -0.367. The molecule has 1 heterocycles. The van der Waals surface area contributed by atoms with Gasteiger partial charge < -0.3 is 19.5 Å². The van der Waals surface area contributed by atoms with Crippen molar-refractivity contribution < 1.29 is 19.4 Å². The highest BCUT2D eigenvalue weighted by atomic mass is 16.5. The smallest absolute Gasteiger partial charge is 0.225 e. The van der Waals surface area contributed by atoms with Crippen LogP contribution < -0.4 is 0 Å². The average Bonchev–Trinajstić information content (AvgIpc) is 2.29. The minimum Gasteiger partial charge on any atom is -0.394 e. The van der Waals surface area contributed by atoms with Gasteiger partial charge in [0.25, 0.3) is 0 Å². The average molecular weight is 217 g/mol. The fraction of sp³-hybridized carbons (Fsp3) is 0.900. The van der Waals surface area contributed by atoms with E-state index in [-0.39, 0.29) is 18.6 Å². The second kappa shape index (κ2) is 6.76. The zero-order valence-corrected chi connectivity index (χ0v) is 9.15. The molecule has 1 unspecified atom stereocenters. The molecule has 5 heteroatoms. The number of rotatable bonds is 5. The van der Waals surface area contributed by atoms with E-state index < -0.39 is 0 Å². The number of amides is 1. The van der Waals surface area contributed by atoms with Crippen molar-refractivity contribution in [3.63, 3.8) is 0 Å². The maximum atomic E-state index is 11.6. The number of carbonyl (C=O) groups excluding carboxylic acids is 1. The van der Waals surface area contributed by atoms with E-state index in [1.165, 1.54) is 0 Å². The first kappa shape index (κ1) is 12.4. The third-order valence-electron chi connectivity index (χ3n) is 2.36. The number of aliphatic hydroxyl groups is 1. The van der Waals surface area contributed by atoms with Crippen LogP contribution in [0.3, 0.4) is 0 Å². The third kappa shape index (κ3) is 4.15. The Hall–Kier alpha value is -0.650. The van der Waals surface area contributed by atoms with Gasteiger partial charge in [0.15, 0.2) is 0 Å². The normalized spacial score (nSPS) is 21.7. The van der Waals surface area contributed by atoms with Crippen molar-refractivity contribution in [2.45, 2.75) is 19.4 Å². The molecule has 1 N–H and O–H groups in total. The molecule has 0 spiro atoms. The summed E-state index contributed by atoms with van der Waals surface area (Å²) in [7, 11) is 0. The van der Waals surface area contributed by atoms with Crippen LogP contribution in [0.5, 0.6) is 0 Å². The lowest BCUT2D eigenvalue weighted by Gasteiger charge is -2.32. The number of aliphatic hydroxyl groups excluding tert-OH is 1. The summed E-state index contributed by atoms with van der Waals surface area (Å²) < 4.78 is 10.4. The van der Waals surface area contributed by atoms with E-state index in [2.05, 4.69) is 0 Å². The van der Waals surface area contributed by atoms with Gasteiger partial charge in [-0.2, -0.15) is 0 Å². The van der Waals surface area contributed by atoms with Gasteiger partial charge in [-0.3, -0.25) is 4.79 Å². The number of nitrogens with zero attached hydrogens (tertiary/aromatic N) is 1. The topological polar surface area (TPSA) is 59.0 Å². The molecule has 0 saturated carbocycles. The molecule has 1 fully saturated rings. The Morgan fingerprint density at radius 2 is 2.47 bits per heavy atom. The first-order valence-corrected chi connectivity index (χ1v) is 5.36. The molecule has 1 saturated heterocycles. The Morgan fingerprint density at radius 1 is 1.67 bits per heavy atom. The molecule has 0 aromatic rings. The molecule has 1 atom stereocenters. The monoisotopic (exact) mass is 217 g/mol. The second-order valence-corrected chi connectivity index (χ2v) is 3.46. The van der Waals surface area contributed by atoms with E-state index in [1.807, 2.05) is 6.92 Å². The van der Waals surface area contributed by atoms with Crippen molar-refractivity contribution in [1.82, 2.24) is 4.90 Å². The van der Waals surface area contributed by atoms with Gasteiger partial charge in [-0.25, -0.2) is 0 Å². The number of morpholine rings is 1. The van der Waals surface area contributed by atoms with Crippen LogP contribution in [-0.4, -0.2) is 61.5 Å². The molecule has 1 amide bonds. The molecule has 1 aliphatic rings. The predicted molar refractivity (Wildman–Crippen MR) is 54.5 cm³/mol. The quantitative estimate of drug-likeness (QED) is 0.638. The van der Waals surface area contributed by atoms with E-state index in [1.54, 1.807) is 4.90 Å². The first-order valence-electron chi connectivity index (χ1n) is 5.36. The van der Waals surface area contributed by atoms with Crippen molar-refractivity contribution in [3.8, 4) is 0 Å². The van der Waals surface area contributed by atoms with Crippen molar-refractivity contribution in [3.05, 3.63) is 0 Å². The minimum atomic E-state index is -0.227. The molecular formula is C10H19NO4. The lowest BCUT2D eigenvalue weighted by atomic mass is 10.2. The van der Waals surface area contributed by atoms with Crippen molar-refractivity contribution in [1.29, 1.82) is 0 Å². The first-order chi connectivity index (χ1) is 7.27. The van der Waals surface area contributed by atoms with Crippen LogP contribution in [0.15, 0.2) is 0 Å². The fourth-order valence-corrected chi connectivity index (χ4v) is 1.52. The van der Waals surface area contributed by atoms with E-state index in [4.69, 9.17) is 14.6 Å². The van der Waals surface area contributed by atoms with Gasteiger partial charge in [-0.05, 0) is 6.92 Å². The maximum absolute atomic E-state index is 11.6. The Kier molecular flexibility index (Phi) is 5.60. The number of hydrogen-bond acceptors (Lipinski definition) is 4. The van der Waals surface area contributed by atoms with Crippen LogP contribution in [0.25, 0.3) is 0 Å². The molecule has 0 aliphatic carbocycles. The van der Waals surface area contributed by atoms with Gasteiger partial charge in [-0.1, -0.05) is 0 Å². The van der Waals surface area contributed by atoms with E-state index in [0.29, 0.717) is 39.3 Å². The van der Waals surface area contributed by atoms with E-state index in [0.717, 1.165) is 0 Å². The van der Waals surface area contributed by atoms with Crippen LogP contribution in [0, 0.1) is 0 Å². The third-order valence-corrected chi connectivity index (χ3v) is 2.36. The lowest BCUT2D eigenvalue weighted by Crippen LogP contribution is -2.47. The summed E-state index contributed by atoms with van der Waals surface area (Å²) >= 11 is 0. The minimum absolute atomic E-state index is 0.0325. The summed E-state index contributed by atoms with van der Waals surface area (Å²) in [5.74, 6) is 0.0743. The van der Waals surface area contributed by atoms with Crippen molar-refractivity contribution in [2.24, 2.45) is 0 Å². The summed E-state index contributed by atoms with van der Waals surface area (Å²) in [6, 6.07) is 0. The van der Waals surface area contributed by atoms with Gasteiger partial charge in [0.2, 0.25) is 5.91 Å². The molecule has 1 rings (SSSR count). The Bertz CT molecular complexity index is 198. The summed E-state index contributed by atoms with van der Waals surface area (Å²) in [5, 5.41) is 8.92. The van der Waals surface area contributed by atoms with Crippen LogP contribution in [0.1, 0.15) is 13.3 Å². The SMILES string of the molecule is CCOCCC(=O)N1CCOC(CO)C1. The zero-order chi connectivity index (χ0) is 11.1. The highest BCUT2D eigenvalue weighted by Crippen LogP contribution is 2.06. The second-order valence-electron chi connectivity index (χ2n) is 3.46. The summed E-state index contributed by atoms with van der Waals surface area (Å²) in [4.78, 5) is 13.4. The Labute approximate surface area is 90.0 Å². The summed E-state index contributed by atoms with van der Waals surface area (Å²) in [5.41, 5.74) is 0. The molecule has 15 heavy (non-hydrogen) atoms. The highest BCUT2D eigenvalue weighted by Gasteiger charge is 2.22. The van der Waals surface area contributed by atoms with Crippen LogP contribution in [0.2, 0.25) is 0 Å². The molecule has 5 nitrogen and oxygen atoms in total. The lowest BCUT2D eigenvalue weighted by molar-refractivity contribution is -0.141. The Morgan fingerprint density at radius 3 is 3.13 bits per heavy atom. The van der Waals surface area contributed by atoms with Crippen LogP contribution in [0.4, 0.5) is 0 Å². The summed E-state index contributed by atoms with van der Waals surface area (Å²) in [6.07, 6.45) is 0.182. The van der Waals surface area contributed by atoms with Gasteiger partial charge >= 0.3 is 0 Å². The van der Waals surface area contributed by atoms with Crippen molar-refractivity contribution >= 4 is 5.91 Å². The molecule has 1 aliphatic heterocycles. The number of hydrogen-bond donors (Lipinski definition) is 1. The van der Waals surface area contributed by atoms with Gasteiger partial charge in [0.1, 0.15) is 0 Å². The van der Waals surface area contributed by atoms with Gasteiger partial charge in [0.05, 0.1) is 32.3 Å². The number of ether oxygens (including phenoxy) is 2. The van der Waals surface area contributed by atoms with Gasteiger partial charge in [0, 0.05) is 19.7 Å². The maximum Gasteiger partial charge on any atom is 0.225 e. The van der Waals surface area contributed by atoms with Crippen LogP contribution in [-0.2, 0) is 14.3 Å². The largest absolute Gasteiger partial charge is 0.394 e. The van der Waals surface area contributed by atoms with Gasteiger partial charge in [-0.15, -0.1) is 0 Å². The van der Waals surface area contributed by atoms with Crippen molar-refractivity contribution in [2.75, 3.05) is 39.5 Å². The molecule has 0 radical (unpaired) electrons. The molecule has 88 valence electrons. The summed E-state index contributed by atoms with van der Waals surface area (Å²) in [6.45, 7) is 4.58. The fourth-order valence-electron chi connectivity index (χ4n) is 1.52. The molecule has 0 aromatic heterocycles. The standard InChI is InChI=1S/C10H19NO4/c1-2-14-5-3-10(13)11-4-6-15-9(7-11)8-12/h9,12H,2-8H2,1H3. The van der Waals surface area contributed by atoms with E-state index >= 15 is 0 Å². The Balaban J connectivity index is 2.25. The highest BCUT2D eigenvalue weighted by molar-refractivity contribution is 5.76. The molecule has 0 aromatic carbocycles. The zero-order valence-electron chi connectivity index (χ0n) is 9.15.